The zero-order valence-corrected chi connectivity index (χ0v) is 10.6. The van der Waals surface area contributed by atoms with Crippen LogP contribution in [0.4, 0.5) is 0 Å². The predicted molar refractivity (Wildman–Crippen MR) is 78.6 cm³/mol. The quantitative estimate of drug-likeness (QED) is 0.518. The summed E-state index contributed by atoms with van der Waals surface area (Å²) in [6, 6.07) is 15.3. The lowest BCUT2D eigenvalue weighted by molar-refractivity contribution is 0.481. The Labute approximate surface area is 115 Å². The van der Waals surface area contributed by atoms with Crippen LogP contribution in [0, 0.1) is 0 Å². The van der Waals surface area contributed by atoms with Gasteiger partial charge in [0.1, 0.15) is 11.5 Å². The first kappa shape index (κ1) is 11.1. The molecule has 1 N–H and O–H groups in total. The fourth-order valence-electron chi connectivity index (χ4n) is 2.53. The van der Waals surface area contributed by atoms with Crippen LogP contribution in [0.25, 0.3) is 33.0 Å². The Hall–Kier alpha value is -2.81. The van der Waals surface area contributed by atoms with Gasteiger partial charge in [0.05, 0.1) is 11.8 Å². The fraction of sp³-hybridized carbons (Fsp3) is 0. The number of benzene rings is 2. The zero-order valence-electron chi connectivity index (χ0n) is 10.6. The number of aromatic nitrogens is 1. The molecule has 4 aromatic rings. The van der Waals surface area contributed by atoms with Gasteiger partial charge in [0.25, 0.3) is 0 Å². The average molecular weight is 261 g/mol. The van der Waals surface area contributed by atoms with Gasteiger partial charge in [0.15, 0.2) is 0 Å². The Morgan fingerprint density at radius 3 is 2.65 bits per heavy atom. The van der Waals surface area contributed by atoms with E-state index >= 15 is 0 Å². The van der Waals surface area contributed by atoms with Crippen molar-refractivity contribution in [1.82, 2.24) is 4.98 Å². The molecule has 0 saturated carbocycles. The molecular weight excluding hydrogens is 250 g/mol. The molecule has 4 rings (SSSR count). The van der Waals surface area contributed by atoms with E-state index in [9.17, 15) is 5.11 Å². The minimum absolute atomic E-state index is 0.215. The van der Waals surface area contributed by atoms with E-state index in [1.54, 1.807) is 18.5 Å². The highest BCUT2D eigenvalue weighted by Crippen LogP contribution is 2.34. The van der Waals surface area contributed by atoms with Gasteiger partial charge in [0.2, 0.25) is 0 Å². The van der Waals surface area contributed by atoms with Crippen LogP contribution >= 0.6 is 0 Å². The molecule has 0 fully saturated rings. The summed E-state index contributed by atoms with van der Waals surface area (Å²) < 4.78 is 5.41. The molecule has 0 atom stereocenters. The summed E-state index contributed by atoms with van der Waals surface area (Å²) >= 11 is 0. The maximum atomic E-state index is 10.2. The van der Waals surface area contributed by atoms with Crippen LogP contribution in [0.2, 0.25) is 0 Å². The second-order valence-corrected chi connectivity index (χ2v) is 4.71. The molecule has 0 aliphatic rings. The molecule has 3 nitrogen and oxygen atoms in total. The van der Waals surface area contributed by atoms with Gasteiger partial charge in [-0.2, -0.15) is 0 Å². The van der Waals surface area contributed by atoms with E-state index in [1.165, 1.54) is 0 Å². The number of hydrogen-bond donors (Lipinski definition) is 1. The predicted octanol–water partition coefficient (Wildman–Crippen LogP) is 4.35. The average Bonchev–Trinajstić information content (AvgIpc) is 3.01. The largest absolute Gasteiger partial charge is 0.507 e. The number of nitrogens with zero attached hydrogens (tertiary/aromatic N) is 1. The Morgan fingerprint density at radius 2 is 1.80 bits per heavy atom. The molecule has 0 spiro atoms. The third-order valence-corrected chi connectivity index (χ3v) is 3.49. The fourth-order valence-corrected chi connectivity index (χ4v) is 2.53. The molecule has 20 heavy (non-hydrogen) atoms. The van der Waals surface area contributed by atoms with E-state index in [0.29, 0.717) is 0 Å². The van der Waals surface area contributed by atoms with Gasteiger partial charge in [0, 0.05) is 22.5 Å². The van der Waals surface area contributed by atoms with E-state index in [0.717, 1.165) is 33.0 Å². The number of para-hydroxylation sites is 1. The number of furan rings is 1. The summed E-state index contributed by atoms with van der Waals surface area (Å²) in [4.78, 5) is 4.38. The van der Waals surface area contributed by atoms with E-state index in [1.807, 2.05) is 42.5 Å². The number of phenols is 1. The lowest BCUT2D eigenvalue weighted by atomic mass is 10.0. The van der Waals surface area contributed by atoms with Crippen molar-refractivity contribution in [1.29, 1.82) is 0 Å². The third-order valence-electron chi connectivity index (χ3n) is 3.49. The molecular formula is C17H11NO2. The lowest BCUT2D eigenvalue weighted by Gasteiger charge is -2.07. The smallest absolute Gasteiger partial charge is 0.134 e. The van der Waals surface area contributed by atoms with Crippen molar-refractivity contribution in [2.24, 2.45) is 0 Å². The molecule has 2 heterocycles. The first-order valence-electron chi connectivity index (χ1n) is 6.37. The van der Waals surface area contributed by atoms with Crippen molar-refractivity contribution in [2.45, 2.75) is 0 Å². The first-order chi connectivity index (χ1) is 9.83. The molecule has 2 aromatic heterocycles. The molecule has 0 saturated heterocycles. The molecule has 0 bridgehead atoms. The Bertz CT molecular complexity index is 911. The van der Waals surface area contributed by atoms with Crippen molar-refractivity contribution in [3.05, 3.63) is 61.0 Å². The number of pyridine rings is 1. The number of phenolic OH excluding ortho intramolecular Hbond substituents is 1. The number of rotatable bonds is 1. The van der Waals surface area contributed by atoms with Crippen LogP contribution in [0.1, 0.15) is 0 Å². The van der Waals surface area contributed by atoms with E-state index in [-0.39, 0.29) is 5.75 Å². The summed E-state index contributed by atoms with van der Waals surface area (Å²) in [6.45, 7) is 0. The van der Waals surface area contributed by atoms with Gasteiger partial charge in [-0.05, 0) is 35.7 Å². The molecule has 0 unspecified atom stereocenters. The van der Waals surface area contributed by atoms with E-state index in [4.69, 9.17) is 4.42 Å². The van der Waals surface area contributed by atoms with Crippen LogP contribution in [0.3, 0.4) is 0 Å². The van der Waals surface area contributed by atoms with Crippen molar-refractivity contribution in [2.75, 3.05) is 0 Å². The van der Waals surface area contributed by atoms with Crippen LogP contribution in [-0.2, 0) is 0 Å². The highest BCUT2D eigenvalue weighted by atomic mass is 16.3. The molecule has 96 valence electrons. The summed E-state index contributed by atoms with van der Waals surface area (Å²) in [5.41, 5.74) is 1.77. The van der Waals surface area contributed by atoms with Gasteiger partial charge in [-0.1, -0.05) is 18.2 Å². The van der Waals surface area contributed by atoms with Gasteiger partial charge in [-0.3, -0.25) is 4.98 Å². The normalized spacial score (nSPS) is 11.2. The maximum absolute atomic E-state index is 10.2. The summed E-state index contributed by atoms with van der Waals surface area (Å²) in [7, 11) is 0. The van der Waals surface area contributed by atoms with Crippen molar-refractivity contribution in [3.8, 4) is 17.1 Å². The number of aromatic hydroxyl groups is 1. The van der Waals surface area contributed by atoms with Crippen molar-refractivity contribution < 1.29 is 9.52 Å². The summed E-state index contributed by atoms with van der Waals surface area (Å²) in [6.07, 6.45) is 3.33. The van der Waals surface area contributed by atoms with E-state index < -0.39 is 0 Å². The van der Waals surface area contributed by atoms with Crippen LogP contribution in [-0.4, -0.2) is 10.1 Å². The maximum Gasteiger partial charge on any atom is 0.134 e. The van der Waals surface area contributed by atoms with Crippen molar-refractivity contribution >= 4 is 21.7 Å². The third kappa shape index (κ3) is 1.57. The van der Waals surface area contributed by atoms with Gasteiger partial charge in [-0.25, -0.2) is 0 Å². The summed E-state index contributed by atoms with van der Waals surface area (Å²) in [5.74, 6) is 0.954. The highest BCUT2D eigenvalue weighted by Gasteiger charge is 2.09. The second kappa shape index (κ2) is 4.10. The van der Waals surface area contributed by atoms with Crippen LogP contribution < -0.4 is 0 Å². The Balaban J connectivity index is 2.14. The molecule has 3 heteroatoms. The molecule has 2 aromatic carbocycles. The second-order valence-electron chi connectivity index (χ2n) is 4.71. The SMILES string of the molecule is Oc1cc(-c2ccco2)cc2c1cnc1ccccc12. The standard InChI is InChI=1S/C17H11NO2/c19-16-9-11(17-6-3-7-20-17)8-13-12-4-1-2-5-15(12)18-10-14(13)16/h1-10,19H. The van der Waals surface area contributed by atoms with Gasteiger partial charge in [-0.15, -0.1) is 0 Å². The van der Waals surface area contributed by atoms with Gasteiger partial charge >= 0.3 is 0 Å². The Morgan fingerprint density at radius 1 is 0.900 bits per heavy atom. The molecule has 0 amide bonds. The number of fused-ring (bicyclic) bond motifs is 3. The van der Waals surface area contributed by atoms with Crippen LogP contribution in [0.5, 0.6) is 5.75 Å². The highest BCUT2D eigenvalue weighted by molar-refractivity contribution is 6.08. The molecule has 0 aliphatic heterocycles. The lowest BCUT2D eigenvalue weighted by Crippen LogP contribution is -1.84. The topological polar surface area (TPSA) is 46.3 Å². The summed E-state index contributed by atoms with van der Waals surface area (Å²) in [5, 5.41) is 13.0. The van der Waals surface area contributed by atoms with Crippen molar-refractivity contribution in [3.63, 3.8) is 0 Å². The minimum Gasteiger partial charge on any atom is -0.507 e. The molecule has 0 aliphatic carbocycles. The van der Waals surface area contributed by atoms with Gasteiger partial charge < -0.3 is 9.52 Å². The van der Waals surface area contributed by atoms with Crippen LogP contribution in [0.15, 0.2) is 65.4 Å². The monoisotopic (exact) mass is 261 g/mol. The minimum atomic E-state index is 0.215. The molecule has 0 radical (unpaired) electrons. The van der Waals surface area contributed by atoms with E-state index in [2.05, 4.69) is 4.98 Å². The zero-order chi connectivity index (χ0) is 13.5. The number of hydrogen-bond acceptors (Lipinski definition) is 3. The Kier molecular flexibility index (Phi) is 2.27. The first-order valence-corrected chi connectivity index (χ1v) is 6.37.